The maximum atomic E-state index is 4.76. The second-order valence-electron chi connectivity index (χ2n) is 5.16. The number of aryl methyl sites for hydroxylation is 3. The summed E-state index contributed by atoms with van der Waals surface area (Å²) in [6.07, 6.45) is 0. The summed E-state index contributed by atoms with van der Waals surface area (Å²) in [5.74, 6) is 0. The van der Waals surface area contributed by atoms with Gasteiger partial charge in [0.2, 0.25) is 0 Å². The first-order chi connectivity index (χ1) is 10.6. The summed E-state index contributed by atoms with van der Waals surface area (Å²) in [4.78, 5) is 14.3. The van der Waals surface area contributed by atoms with Crippen molar-refractivity contribution in [1.82, 2.24) is 15.0 Å². The van der Waals surface area contributed by atoms with Crippen LogP contribution >= 0.6 is 0 Å². The van der Waals surface area contributed by atoms with Crippen molar-refractivity contribution in [3.63, 3.8) is 0 Å². The summed E-state index contributed by atoms with van der Waals surface area (Å²) in [6.45, 7) is 6.08. The molecule has 0 saturated heterocycles. The Morgan fingerprint density at radius 2 is 0.870 bits per heavy atom. The van der Waals surface area contributed by atoms with Crippen LogP contribution in [-0.4, -0.2) is 15.0 Å². The summed E-state index contributed by atoms with van der Waals surface area (Å²) in [5.41, 5.74) is 3.10. The number of nitrogens with zero attached hydrogens (tertiary/aromatic N) is 3. The summed E-state index contributed by atoms with van der Waals surface area (Å²) >= 11 is -1.56. The third kappa shape index (κ3) is 4.04. The van der Waals surface area contributed by atoms with Crippen molar-refractivity contribution in [1.29, 1.82) is 0 Å². The first-order valence-corrected chi connectivity index (χ1v) is 9.10. The molecule has 3 aromatic heterocycles. The van der Waals surface area contributed by atoms with Crippen LogP contribution in [0.4, 0.5) is 0 Å². The Bertz CT molecular complexity index is 694. The van der Waals surface area contributed by atoms with Gasteiger partial charge in [0.25, 0.3) is 0 Å². The third-order valence-corrected chi connectivity index (χ3v) is 6.24. The quantitative estimate of drug-likeness (QED) is 0.732. The summed E-state index contributed by atoms with van der Waals surface area (Å²) < 4.78 is 3.32. The second kappa shape index (κ2) is 7.50. The Kier molecular flexibility index (Phi) is 5.65. The zero-order valence-corrected chi connectivity index (χ0v) is 14.2. The van der Waals surface area contributed by atoms with E-state index in [0.29, 0.717) is 0 Å². The molecule has 3 aromatic rings. The van der Waals surface area contributed by atoms with E-state index in [2.05, 4.69) is 36.4 Å². The molecule has 3 nitrogen and oxygen atoms in total. The molecule has 0 aromatic carbocycles. The summed E-state index contributed by atoms with van der Waals surface area (Å²) in [5, 5.41) is 0. The van der Waals surface area contributed by atoms with Crippen LogP contribution < -0.4 is 13.7 Å². The third-order valence-electron chi connectivity index (χ3n) is 3.22. The Balaban J connectivity index is 0.00000192. The first kappa shape index (κ1) is 17.3. The molecule has 23 heavy (non-hydrogen) atoms. The molecule has 4 heteroatoms. The van der Waals surface area contributed by atoms with E-state index >= 15 is 0 Å². The van der Waals surface area contributed by atoms with Crippen molar-refractivity contribution in [3.05, 3.63) is 71.7 Å². The molecule has 0 saturated carbocycles. The Morgan fingerprint density at radius 3 is 1.13 bits per heavy atom. The summed E-state index contributed by atoms with van der Waals surface area (Å²) in [6, 6.07) is 18.6. The van der Waals surface area contributed by atoms with Crippen LogP contribution in [0.2, 0.25) is 0 Å². The molecule has 0 atom stereocenters. The van der Waals surface area contributed by atoms with Crippen molar-refractivity contribution >= 4 is 13.7 Å². The van der Waals surface area contributed by atoms with Gasteiger partial charge in [-0.3, -0.25) is 0 Å². The molecule has 0 aliphatic heterocycles. The predicted molar refractivity (Wildman–Crippen MR) is 92.6 cm³/mol. The molecule has 0 aliphatic carbocycles. The van der Waals surface area contributed by atoms with Gasteiger partial charge in [-0.1, -0.05) is 7.43 Å². The van der Waals surface area contributed by atoms with Gasteiger partial charge in [0, 0.05) is 0 Å². The molecule has 0 bridgehead atoms. The van der Waals surface area contributed by atoms with Crippen LogP contribution in [0.3, 0.4) is 0 Å². The Labute approximate surface area is 142 Å². The SMILES string of the molecule is C.Cc1ccc[c]([Cr]([c]2cccc(C)n2)[c]2cccc(C)n2)n1. The molecular formula is C19H22CrN3. The zero-order valence-electron chi connectivity index (χ0n) is 12.9. The Hall–Kier alpha value is -2.02. The van der Waals surface area contributed by atoms with Gasteiger partial charge < -0.3 is 0 Å². The van der Waals surface area contributed by atoms with Crippen LogP contribution in [-0.2, 0) is 14.1 Å². The molecule has 3 rings (SSSR count). The van der Waals surface area contributed by atoms with E-state index in [4.69, 9.17) is 15.0 Å². The average Bonchev–Trinajstić information content (AvgIpc) is 2.48. The van der Waals surface area contributed by atoms with Crippen LogP contribution in [0.15, 0.2) is 54.6 Å². The molecule has 0 aliphatic rings. The van der Waals surface area contributed by atoms with Crippen molar-refractivity contribution in [2.24, 2.45) is 0 Å². The van der Waals surface area contributed by atoms with Crippen LogP contribution in [0, 0.1) is 20.8 Å². The van der Waals surface area contributed by atoms with Gasteiger partial charge in [-0.25, -0.2) is 0 Å². The van der Waals surface area contributed by atoms with Crippen LogP contribution in [0.25, 0.3) is 0 Å². The predicted octanol–water partition coefficient (Wildman–Crippen LogP) is 2.33. The van der Waals surface area contributed by atoms with E-state index in [1.807, 2.05) is 39.0 Å². The number of pyridine rings is 3. The van der Waals surface area contributed by atoms with Gasteiger partial charge in [-0.15, -0.1) is 0 Å². The number of aromatic nitrogens is 3. The van der Waals surface area contributed by atoms with Crippen LogP contribution in [0.1, 0.15) is 24.5 Å². The number of hydrogen-bond acceptors (Lipinski definition) is 3. The van der Waals surface area contributed by atoms with Crippen molar-refractivity contribution in [2.75, 3.05) is 0 Å². The van der Waals surface area contributed by atoms with Gasteiger partial charge in [0.1, 0.15) is 0 Å². The maximum absolute atomic E-state index is 4.76. The topological polar surface area (TPSA) is 38.7 Å². The van der Waals surface area contributed by atoms with Crippen molar-refractivity contribution in [2.45, 2.75) is 28.2 Å². The van der Waals surface area contributed by atoms with Gasteiger partial charge in [-0.2, -0.15) is 0 Å². The molecule has 0 spiro atoms. The molecule has 0 radical (unpaired) electrons. The molecule has 0 fully saturated rings. The Morgan fingerprint density at radius 1 is 0.565 bits per heavy atom. The summed E-state index contributed by atoms with van der Waals surface area (Å²) in [7, 11) is 0. The van der Waals surface area contributed by atoms with Gasteiger partial charge in [0.15, 0.2) is 0 Å². The minimum absolute atomic E-state index is 0. The van der Waals surface area contributed by atoms with Gasteiger partial charge in [0.05, 0.1) is 0 Å². The fourth-order valence-electron chi connectivity index (χ4n) is 2.22. The molecule has 119 valence electrons. The molecule has 0 amide bonds. The number of rotatable bonds is 3. The minimum atomic E-state index is -1.56. The average molecular weight is 344 g/mol. The standard InChI is InChI=1S/3C6H6N.CH4.Cr/c3*1-6-4-2-3-5-7-6;;/h3*2-4H,1H3;1H4;. The van der Waals surface area contributed by atoms with E-state index in [-0.39, 0.29) is 7.43 Å². The van der Waals surface area contributed by atoms with Crippen molar-refractivity contribution < 1.29 is 14.1 Å². The second-order valence-corrected chi connectivity index (χ2v) is 8.07. The van der Waals surface area contributed by atoms with Gasteiger partial charge in [-0.05, 0) is 0 Å². The van der Waals surface area contributed by atoms with E-state index in [9.17, 15) is 0 Å². The molecule has 0 N–H and O–H groups in total. The van der Waals surface area contributed by atoms with E-state index in [0.717, 1.165) is 30.7 Å². The monoisotopic (exact) mass is 344 g/mol. The van der Waals surface area contributed by atoms with Crippen molar-refractivity contribution in [3.8, 4) is 0 Å². The van der Waals surface area contributed by atoms with E-state index in [1.54, 1.807) is 0 Å². The normalized spacial score (nSPS) is 10.4. The molecule has 0 unspecified atom stereocenters. The molecular weight excluding hydrogens is 322 g/mol. The fourth-order valence-corrected chi connectivity index (χ4v) is 5.33. The van der Waals surface area contributed by atoms with Crippen LogP contribution in [0.5, 0.6) is 0 Å². The van der Waals surface area contributed by atoms with E-state index in [1.165, 1.54) is 0 Å². The van der Waals surface area contributed by atoms with Gasteiger partial charge >= 0.3 is 135 Å². The zero-order chi connectivity index (χ0) is 15.5. The molecule has 3 heterocycles. The number of hydrogen-bond donors (Lipinski definition) is 0. The fraction of sp³-hybridized carbons (Fsp3) is 0.211. The van der Waals surface area contributed by atoms with E-state index < -0.39 is 14.1 Å². The first-order valence-electron chi connectivity index (χ1n) is 7.19.